The third-order valence-corrected chi connectivity index (χ3v) is 3.42. The first kappa shape index (κ1) is 15.3. The summed E-state index contributed by atoms with van der Waals surface area (Å²) in [5.41, 5.74) is 3.83. The van der Waals surface area contributed by atoms with E-state index in [0.29, 0.717) is 0 Å². The molecular formula is C19H24NO+. The predicted molar refractivity (Wildman–Crippen MR) is 90.7 cm³/mol. The maximum Gasteiger partial charge on any atom is 0.327 e. The summed E-state index contributed by atoms with van der Waals surface area (Å²) >= 11 is 0. The molecule has 1 aromatic heterocycles. The van der Waals surface area contributed by atoms with Crippen LogP contribution in [0.5, 0.6) is 0 Å². The van der Waals surface area contributed by atoms with Crippen LogP contribution in [0.25, 0.3) is 6.08 Å². The van der Waals surface area contributed by atoms with E-state index in [-0.39, 0.29) is 0 Å². The number of aryl methyl sites for hydroxylation is 3. The molecule has 2 aromatic rings. The molecule has 0 N–H and O–H groups in total. The van der Waals surface area contributed by atoms with E-state index in [1.165, 1.54) is 16.8 Å². The molecule has 0 aliphatic rings. The zero-order valence-electron chi connectivity index (χ0n) is 13.4. The molecule has 0 fully saturated rings. The van der Waals surface area contributed by atoms with E-state index >= 15 is 0 Å². The van der Waals surface area contributed by atoms with Gasteiger partial charge in [0, 0.05) is 31.9 Å². The van der Waals surface area contributed by atoms with Gasteiger partial charge in [0.1, 0.15) is 0 Å². The molecule has 0 amide bonds. The van der Waals surface area contributed by atoms with Gasteiger partial charge in [0.25, 0.3) is 0 Å². The maximum atomic E-state index is 5.49. The molecule has 0 radical (unpaired) electrons. The van der Waals surface area contributed by atoms with Gasteiger partial charge in [0.05, 0.1) is 13.8 Å². The zero-order chi connectivity index (χ0) is 15.2. The number of nitrogens with zero attached hydrogens (tertiary/aromatic N) is 1. The van der Waals surface area contributed by atoms with Crippen molar-refractivity contribution in [3.8, 4) is 0 Å². The van der Waals surface area contributed by atoms with Gasteiger partial charge < -0.3 is 4.90 Å². The van der Waals surface area contributed by atoms with Crippen molar-refractivity contribution in [1.82, 2.24) is 0 Å². The SMILES string of the molecule is Cc1cc(/C=C/CCc2ccc(N(C)C)cc2)cc(C)[o+]1. The van der Waals surface area contributed by atoms with Gasteiger partial charge in [-0.05, 0) is 36.1 Å². The van der Waals surface area contributed by atoms with Crippen LogP contribution in [0.2, 0.25) is 0 Å². The Morgan fingerprint density at radius 3 is 2.19 bits per heavy atom. The fraction of sp³-hybridized carbons (Fsp3) is 0.316. The predicted octanol–water partition coefficient (Wildman–Crippen LogP) is 4.89. The summed E-state index contributed by atoms with van der Waals surface area (Å²) in [5, 5.41) is 0. The molecule has 0 aliphatic carbocycles. The first-order chi connectivity index (χ1) is 10.0. The van der Waals surface area contributed by atoms with Crippen molar-refractivity contribution in [2.24, 2.45) is 0 Å². The van der Waals surface area contributed by atoms with E-state index in [2.05, 4.69) is 67.5 Å². The van der Waals surface area contributed by atoms with Gasteiger partial charge in [-0.25, -0.2) is 4.42 Å². The van der Waals surface area contributed by atoms with Gasteiger partial charge in [-0.15, -0.1) is 0 Å². The minimum absolute atomic E-state index is 0.953. The summed E-state index contributed by atoms with van der Waals surface area (Å²) < 4.78 is 5.49. The molecule has 110 valence electrons. The lowest BCUT2D eigenvalue weighted by Gasteiger charge is -2.12. The van der Waals surface area contributed by atoms with Gasteiger partial charge >= 0.3 is 11.5 Å². The second-order valence-corrected chi connectivity index (χ2v) is 5.61. The molecular weight excluding hydrogens is 258 g/mol. The fourth-order valence-corrected chi connectivity index (χ4v) is 2.35. The number of allylic oxidation sites excluding steroid dienone is 1. The molecule has 0 unspecified atom stereocenters. The molecule has 0 atom stereocenters. The normalized spacial score (nSPS) is 11.0. The van der Waals surface area contributed by atoms with Crippen molar-refractivity contribution in [3.05, 3.63) is 65.1 Å². The Kier molecular flexibility index (Phi) is 5.15. The summed E-state index contributed by atoms with van der Waals surface area (Å²) in [7, 11) is 4.13. The van der Waals surface area contributed by atoms with Crippen LogP contribution in [0.4, 0.5) is 5.69 Å². The number of hydrogen-bond acceptors (Lipinski definition) is 1. The minimum Gasteiger partial charge on any atom is -0.378 e. The molecule has 0 saturated heterocycles. The summed E-state index contributed by atoms with van der Waals surface area (Å²) in [6, 6.07) is 12.9. The molecule has 2 nitrogen and oxygen atoms in total. The summed E-state index contributed by atoms with van der Waals surface area (Å²) in [5.74, 6) is 1.91. The first-order valence-electron chi connectivity index (χ1n) is 7.39. The van der Waals surface area contributed by atoms with E-state index < -0.39 is 0 Å². The second-order valence-electron chi connectivity index (χ2n) is 5.61. The molecule has 1 aromatic carbocycles. The van der Waals surface area contributed by atoms with Crippen molar-refractivity contribution < 1.29 is 4.42 Å². The van der Waals surface area contributed by atoms with Crippen LogP contribution in [0, 0.1) is 13.8 Å². The molecule has 1 heterocycles. The van der Waals surface area contributed by atoms with Crippen molar-refractivity contribution >= 4 is 11.8 Å². The van der Waals surface area contributed by atoms with Gasteiger partial charge in [0.2, 0.25) is 0 Å². The topological polar surface area (TPSA) is 14.5 Å². The third-order valence-electron chi connectivity index (χ3n) is 3.42. The molecule has 0 aliphatic heterocycles. The average molecular weight is 282 g/mol. The smallest absolute Gasteiger partial charge is 0.327 e. The average Bonchev–Trinajstić information content (AvgIpc) is 2.43. The maximum absolute atomic E-state index is 5.49. The van der Waals surface area contributed by atoms with Crippen LogP contribution in [0.3, 0.4) is 0 Å². The van der Waals surface area contributed by atoms with E-state index in [1.807, 2.05) is 13.8 Å². The van der Waals surface area contributed by atoms with Crippen LogP contribution >= 0.6 is 0 Å². The highest BCUT2D eigenvalue weighted by molar-refractivity contribution is 5.49. The highest BCUT2D eigenvalue weighted by Gasteiger charge is 2.05. The van der Waals surface area contributed by atoms with Crippen molar-refractivity contribution in [1.29, 1.82) is 0 Å². The molecule has 2 heteroatoms. The van der Waals surface area contributed by atoms with Crippen LogP contribution in [0.15, 0.2) is 46.9 Å². The Balaban J connectivity index is 1.90. The van der Waals surface area contributed by atoms with Crippen LogP contribution in [-0.4, -0.2) is 14.1 Å². The summed E-state index contributed by atoms with van der Waals surface area (Å²) in [6.45, 7) is 3.97. The van der Waals surface area contributed by atoms with Crippen molar-refractivity contribution in [3.63, 3.8) is 0 Å². The monoisotopic (exact) mass is 282 g/mol. The Hall–Kier alpha value is -2.09. The minimum atomic E-state index is 0.953. The van der Waals surface area contributed by atoms with Crippen LogP contribution in [0.1, 0.15) is 29.1 Å². The van der Waals surface area contributed by atoms with E-state index in [0.717, 1.165) is 24.4 Å². The van der Waals surface area contributed by atoms with Gasteiger partial charge in [-0.3, -0.25) is 0 Å². The fourth-order valence-electron chi connectivity index (χ4n) is 2.35. The number of anilines is 1. The highest BCUT2D eigenvalue weighted by Crippen LogP contribution is 2.14. The Labute approximate surface area is 127 Å². The molecule has 2 rings (SSSR count). The molecule has 21 heavy (non-hydrogen) atoms. The summed E-state index contributed by atoms with van der Waals surface area (Å²) in [6.07, 6.45) is 6.52. The van der Waals surface area contributed by atoms with Gasteiger partial charge in [0.15, 0.2) is 0 Å². The first-order valence-corrected chi connectivity index (χ1v) is 7.39. The van der Waals surface area contributed by atoms with E-state index in [4.69, 9.17) is 4.42 Å². The number of hydrogen-bond donors (Lipinski definition) is 0. The molecule has 0 spiro atoms. The van der Waals surface area contributed by atoms with Crippen molar-refractivity contribution in [2.45, 2.75) is 26.7 Å². The van der Waals surface area contributed by atoms with Gasteiger partial charge in [-0.2, -0.15) is 0 Å². The lowest BCUT2D eigenvalue weighted by atomic mass is 10.1. The van der Waals surface area contributed by atoms with Crippen LogP contribution < -0.4 is 4.90 Å². The molecule has 0 bridgehead atoms. The number of benzene rings is 1. The highest BCUT2D eigenvalue weighted by atomic mass is 16.3. The van der Waals surface area contributed by atoms with Crippen molar-refractivity contribution in [2.75, 3.05) is 19.0 Å². The molecule has 0 saturated carbocycles. The Bertz CT molecular complexity index is 592. The third kappa shape index (κ3) is 4.75. The van der Waals surface area contributed by atoms with E-state index in [9.17, 15) is 0 Å². The zero-order valence-corrected chi connectivity index (χ0v) is 13.4. The Morgan fingerprint density at radius 2 is 1.62 bits per heavy atom. The lowest BCUT2D eigenvalue weighted by Crippen LogP contribution is -2.08. The summed E-state index contributed by atoms with van der Waals surface area (Å²) in [4.78, 5) is 2.12. The van der Waals surface area contributed by atoms with Crippen LogP contribution in [-0.2, 0) is 6.42 Å². The standard InChI is InChI=1S/C19H24NO/c1-15-13-18(14-16(2)21-15)8-6-5-7-17-9-11-19(12-10-17)20(3)4/h6,8-14H,5,7H2,1-4H3/q+1/b8-6+. The lowest BCUT2D eigenvalue weighted by molar-refractivity contribution is 0.485. The van der Waals surface area contributed by atoms with Gasteiger partial charge in [-0.1, -0.05) is 24.3 Å². The second kappa shape index (κ2) is 7.07. The van der Waals surface area contributed by atoms with E-state index in [1.54, 1.807) is 0 Å². The Morgan fingerprint density at radius 1 is 1.00 bits per heavy atom. The largest absolute Gasteiger partial charge is 0.378 e. The quantitative estimate of drug-likeness (QED) is 0.725. The number of rotatable bonds is 5.